The maximum absolute atomic E-state index is 13.7. The molecule has 0 bridgehead atoms. The van der Waals surface area contributed by atoms with Gasteiger partial charge in [-0.25, -0.2) is 13.4 Å². The molecule has 1 aliphatic heterocycles. The Morgan fingerprint density at radius 3 is 2.74 bits per heavy atom. The number of aliphatic hydroxyl groups excluding tert-OH is 1. The smallest absolute Gasteiger partial charge is 0.273 e. The minimum absolute atomic E-state index is 0.0268. The number of likely N-dealkylation sites (N-methyl/N-ethyl adjacent to an activating group) is 1. The average Bonchev–Trinajstić information content (AvgIpc) is 3.43. The van der Waals surface area contributed by atoms with Crippen molar-refractivity contribution in [2.24, 2.45) is 11.8 Å². The van der Waals surface area contributed by atoms with E-state index in [0.29, 0.717) is 11.5 Å². The number of fused-ring (bicyclic) bond motifs is 1. The molecule has 38 heavy (non-hydrogen) atoms. The minimum Gasteiger partial charge on any atom is -0.487 e. The highest BCUT2D eigenvalue weighted by atomic mass is 32.2. The van der Waals surface area contributed by atoms with Gasteiger partial charge in [0.25, 0.3) is 5.91 Å². The van der Waals surface area contributed by atoms with Gasteiger partial charge in [-0.3, -0.25) is 9.78 Å². The Kier molecular flexibility index (Phi) is 9.03. The molecule has 0 saturated heterocycles. The van der Waals surface area contributed by atoms with Crippen LogP contribution in [0.15, 0.2) is 41.7 Å². The van der Waals surface area contributed by atoms with Gasteiger partial charge >= 0.3 is 0 Å². The predicted octanol–water partition coefficient (Wildman–Crippen LogP) is 2.95. The summed E-state index contributed by atoms with van der Waals surface area (Å²) in [4.78, 5) is 22.5. The van der Waals surface area contributed by atoms with E-state index in [1.165, 1.54) is 59.5 Å². The van der Waals surface area contributed by atoms with Crippen LogP contribution in [0.5, 0.6) is 5.75 Å². The van der Waals surface area contributed by atoms with Crippen molar-refractivity contribution in [1.82, 2.24) is 19.2 Å². The summed E-state index contributed by atoms with van der Waals surface area (Å²) in [6.45, 7) is 3.57. The molecule has 204 valence electrons. The maximum atomic E-state index is 13.7. The Labute approximate surface area is 225 Å². The molecule has 2 aliphatic rings. The van der Waals surface area contributed by atoms with Gasteiger partial charge in [0, 0.05) is 49.9 Å². The summed E-state index contributed by atoms with van der Waals surface area (Å²) >= 11 is 0. The SMILES string of the molecule is C[C@H](CO)N1C[C@H](C)[C@@H](CN(C)C(=O)c2cnccn2)Oc2cc(C#CCC3CCCC3)ccc2S1(=O)=O. The van der Waals surface area contributed by atoms with E-state index in [4.69, 9.17) is 4.74 Å². The fourth-order valence-electron chi connectivity index (χ4n) is 4.99. The number of carbonyl (C=O) groups excluding carboxylic acids is 1. The second-order valence-electron chi connectivity index (χ2n) is 10.3. The van der Waals surface area contributed by atoms with E-state index < -0.39 is 22.2 Å². The zero-order chi connectivity index (χ0) is 27.3. The maximum Gasteiger partial charge on any atom is 0.273 e. The van der Waals surface area contributed by atoms with E-state index in [1.807, 2.05) is 6.92 Å². The average molecular weight is 541 g/mol. The molecule has 0 spiro atoms. The summed E-state index contributed by atoms with van der Waals surface area (Å²) in [6.07, 6.45) is 9.60. The van der Waals surface area contributed by atoms with Crippen molar-refractivity contribution in [3.05, 3.63) is 48.0 Å². The van der Waals surface area contributed by atoms with Crippen LogP contribution in [0.25, 0.3) is 0 Å². The van der Waals surface area contributed by atoms with Gasteiger partial charge in [0.05, 0.1) is 19.3 Å². The van der Waals surface area contributed by atoms with E-state index in [2.05, 4.69) is 21.8 Å². The summed E-state index contributed by atoms with van der Waals surface area (Å²) in [5.41, 5.74) is 0.890. The molecule has 1 aromatic carbocycles. The molecular weight excluding hydrogens is 504 g/mol. The van der Waals surface area contributed by atoms with Gasteiger partial charge in [-0.15, -0.1) is 0 Å². The summed E-state index contributed by atoms with van der Waals surface area (Å²) < 4.78 is 35.0. The van der Waals surface area contributed by atoms with E-state index in [9.17, 15) is 18.3 Å². The number of amides is 1. The molecule has 1 saturated carbocycles. The lowest BCUT2D eigenvalue weighted by atomic mass is 10.0. The number of aliphatic hydroxyl groups is 1. The molecule has 1 aliphatic carbocycles. The summed E-state index contributed by atoms with van der Waals surface area (Å²) in [5.74, 6) is 6.66. The number of rotatable bonds is 6. The van der Waals surface area contributed by atoms with Gasteiger partial charge in [-0.1, -0.05) is 31.6 Å². The van der Waals surface area contributed by atoms with Crippen molar-refractivity contribution in [1.29, 1.82) is 0 Å². The fourth-order valence-corrected chi connectivity index (χ4v) is 6.82. The molecule has 1 aromatic heterocycles. The number of carbonyl (C=O) groups is 1. The Balaban J connectivity index is 1.66. The summed E-state index contributed by atoms with van der Waals surface area (Å²) in [6, 6.07) is 4.28. The Morgan fingerprint density at radius 2 is 2.05 bits per heavy atom. The quantitative estimate of drug-likeness (QED) is 0.561. The minimum atomic E-state index is -3.95. The largest absolute Gasteiger partial charge is 0.487 e. The molecule has 0 radical (unpaired) electrons. The highest BCUT2D eigenvalue weighted by Gasteiger charge is 2.38. The lowest BCUT2D eigenvalue weighted by Crippen LogP contribution is -2.50. The van der Waals surface area contributed by atoms with Gasteiger partial charge in [0.1, 0.15) is 22.4 Å². The number of benzene rings is 1. The predicted molar refractivity (Wildman–Crippen MR) is 143 cm³/mol. The third-order valence-electron chi connectivity index (χ3n) is 7.35. The Morgan fingerprint density at radius 1 is 1.29 bits per heavy atom. The van der Waals surface area contributed by atoms with Crippen LogP contribution in [-0.4, -0.2) is 77.5 Å². The lowest BCUT2D eigenvalue weighted by molar-refractivity contribution is 0.0559. The first-order valence-electron chi connectivity index (χ1n) is 13.1. The molecule has 2 aromatic rings. The second kappa shape index (κ2) is 12.2. The number of ether oxygens (including phenoxy) is 1. The lowest BCUT2D eigenvalue weighted by Gasteiger charge is -2.37. The van der Waals surface area contributed by atoms with Crippen LogP contribution in [-0.2, 0) is 10.0 Å². The first-order chi connectivity index (χ1) is 18.2. The highest BCUT2D eigenvalue weighted by Crippen LogP contribution is 2.34. The van der Waals surface area contributed by atoms with E-state index >= 15 is 0 Å². The first kappa shape index (κ1) is 28.0. The van der Waals surface area contributed by atoms with Crippen LogP contribution >= 0.6 is 0 Å². The van der Waals surface area contributed by atoms with Crippen molar-refractivity contribution in [3.8, 4) is 17.6 Å². The van der Waals surface area contributed by atoms with Crippen molar-refractivity contribution >= 4 is 15.9 Å². The van der Waals surface area contributed by atoms with E-state index in [-0.39, 0.29) is 47.9 Å². The normalized spacial score (nSPS) is 22.2. The summed E-state index contributed by atoms with van der Waals surface area (Å²) in [5, 5.41) is 9.84. The third kappa shape index (κ3) is 6.34. The van der Waals surface area contributed by atoms with Crippen LogP contribution < -0.4 is 4.74 Å². The number of nitrogens with zero attached hydrogens (tertiary/aromatic N) is 4. The molecule has 4 rings (SSSR count). The topological polar surface area (TPSA) is 113 Å². The van der Waals surface area contributed by atoms with Gasteiger partial charge < -0.3 is 14.7 Å². The van der Waals surface area contributed by atoms with Crippen molar-refractivity contribution in [2.45, 2.75) is 63.0 Å². The monoisotopic (exact) mass is 540 g/mol. The zero-order valence-electron chi connectivity index (χ0n) is 22.2. The van der Waals surface area contributed by atoms with Crippen LogP contribution in [0.3, 0.4) is 0 Å². The first-order valence-corrected chi connectivity index (χ1v) is 14.6. The summed E-state index contributed by atoms with van der Waals surface area (Å²) in [7, 11) is -2.29. The Bertz CT molecular complexity index is 1290. The molecule has 1 N–H and O–H groups in total. The van der Waals surface area contributed by atoms with Crippen LogP contribution in [0, 0.1) is 23.7 Å². The number of aromatic nitrogens is 2. The van der Waals surface area contributed by atoms with E-state index in [0.717, 1.165) is 6.42 Å². The molecule has 0 unspecified atom stereocenters. The van der Waals surface area contributed by atoms with Gasteiger partial charge in [0.15, 0.2) is 0 Å². The van der Waals surface area contributed by atoms with Crippen LogP contribution in [0.1, 0.15) is 62.0 Å². The fraction of sp³-hybridized carbons (Fsp3) is 0.536. The zero-order valence-corrected chi connectivity index (χ0v) is 23.0. The molecular formula is C28H36N4O5S. The molecule has 10 heteroatoms. The highest BCUT2D eigenvalue weighted by molar-refractivity contribution is 7.89. The third-order valence-corrected chi connectivity index (χ3v) is 9.37. The van der Waals surface area contributed by atoms with Crippen LogP contribution in [0.4, 0.5) is 0 Å². The van der Waals surface area contributed by atoms with Crippen molar-refractivity contribution < 1.29 is 23.1 Å². The van der Waals surface area contributed by atoms with Gasteiger partial charge in [0.2, 0.25) is 10.0 Å². The molecule has 9 nitrogen and oxygen atoms in total. The number of hydrogen-bond acceptors (Lipinski definition) is 7. The second-order valence-corrected chi connectivity index (χ2v) is 12.2. The van der Waals surface area contributed by atoms with Gasteiger partial charge in [-0.2, -0.15) is 4.31 Å². The van der Waals surface area contributed by atoms with Crippen molar-refractivity contribution in [3.63, 3.8) is 0 Å². The number of sulfonamides is 1. The van der Waals surface area contributed by atoms with Crippen LogP contribution in [0.2, 0.25) is 0 Å². The molecule has 1 amide bonds. The Hall–Kier alpha value is -3.00. The van der Waals surface area contributed by atoms with Gasteiger partial charge in [-0.05, 0) is 43.9 Å². The van der Waals surface area contributed by atoms with Crippen molar-refractivity contribution in [2.75, 3.05) is 26.7 Å². The standard InChI is InChI=1S/C28H36N4O5S/c1-20-17-32(21(2)19-33)38(35,36)27-12-11-23(10-6-9-22-7-4-5-8-22)15-25(27)37-26(20)18-31(3)28(34)24-16-29-13-14-30-24/h11-16,20-22,26,33H,4-5,7-9,17-19H2,1-3H3/t20-,21+,26+/m0/s1. The van der Waals surface area contributed by atoms with E-state index in [1.54, 1.807) is 26.1 Å². The molecule has 3 atom stereocenters. The number of hydrogen-bond donors (Lipinski definition) is 1. The molecule has 1 fully saturated rings. The molecule has 2 heterocycles.